The smallest absolute Gasteiger partial charge is 0.0452 e. The van der Waals surface area contributed by atoms with Crippen LogP contribution in [0, 0.1) is 17.8 Å². The first kappa shape index (κ1) is 16.8. The highest BCUT2D eigenvalue weighted by Gasteiger charge is 2.15. The topological polar surface area (TPSA) is 12.0 Å². The number of nitrogens with one attached hydrogen (secondary N) is 1. The van der Waals surface area contributed by atoms with Crippen molar-refractivity contribution in [1.82, 2.24) is 5.32 Å². The van der Waals surface area contributed by atoms with Crippen LogP contribution in [0.3, 0.4) is 0 Å². The van der Waals surface area contributed by atoms with E-state index in [2.05, 4.69) is 33.0 Å². The fourth-order valence-electron chi connectivity index (χ4n) is 2.07. The highest BCUT2D eigenvalue weighted by molar-refractivity contribution is 6.35. The summed E-state index contributed by atoms with van der Waals surface area (Å²) < 4.78 is 0. The van der Waals surface area contributed by atoms with Crippen molar-refractivity contribution in [2.75, 3.05) is 13.1 Å². The van der Waals surface area contributed by atoms with Gasteiger partial charge in [-0.3, -0.25) is 0 Å². The Balaban J connectivity index is 2.62. The maximum Gasteiger partial charge on any atom is 0.0452 e. The van der Waals surface area contributed by atoms with E-state index in [0.717, 1.165) is 24.5 Å². The predicted octanol–water partition coefficient (Wildman–Crippen LogP) is 5.05. The molecule has 0 aliphatic heterocycles. The molecule has 0 bridgehead atoms. The van der Waals surface area contributed by atoms with Crippen molar-refractivity contribution in [3.05, 3.63) is 33.8 Å². The Labute approximate surface area is 127 Å². The number of hydrogen-bond donors (Lipinski definition) is 1. The molecule has 0 amide bonds. The van der Waals surface area contributed by atoms with Gasteiger partial charge in [-0.05, 0) is 55.0 Å². The summed E-state index contributed by atoms with van der Waals surface area (Å²) in [6, 6.07) is 5.79. The second-order valence-corrected chi connectivity index (χ2v) is 6.84. The second kappa shape index (κ2) is 8.14. The molecule has 0 heterocycles. The lowest BCUT2D eigenvalue weighted by Gasteiger charge is -2.22. The molecular formula is C16H25Cl2N. The van der Waals surface area contributed by atoms with Crippen molar-refractivity contribution >= 4 is 23.2 Å². The van der Waals surface area contributed by atoms with E-state index in [0.29, 0.717) is 22.8 Å². The minimum atomic E-state index is 0.595. The van der Waals surface area contributed by atoms with Gasteiger partial charge in [0.05, 0.1) is 0 Å². The summed E-state index contributed by atoms with van der Waals surface area (Å²) in [5.74, 6) is 1.91. The van der Waals surface area contributed by atoms with Crippen LogP contribution in [0.5, 0.6) is 0 Å². The average Bonchev–Trinajstić information content (AvgIpc) is 2.30. The number of benzene rings is 1. The van der Waals surface area contributed by atoms with Crippen LogP contribution in [0.25, 0.3) is 0 Å². The summed E-state index contributed by atoms with van der Waals surface area (Å²) >= 11 is 12.2. The third-order valence-corrected chi connectivity index (χ3v) is 3.99. The van der Waals surface area contributed by atoms with Gasteiger partial charge in [-0.25, -0.2) is 0 Å². The molecule has 1 N–H and O–H groups in total. The van der Waals surface area contributed by atoms with Gasteiger partial charge in [0.2, 0.25) is 0 Å². The molecule has 0 spiro atoms. The van der Waals surface area contributed by atoms with Gasteiger partial charge in [-0.2, -0.15) is 0 Å². The summed E-state index contributed by atoms with van der Waals surface area (Å²) in [6.07, 6.45) is 0.999. The molecular weight excluding hydrogens is 277 g/mol. The van der Waals surface area contributed by atoms with Crippen molar-refractivity contribution in [2.45, 2.75) is 34.1 Å². The molecule has 19 heavy (non-hydrogen) atoms. The molecule has 0 aliphatic rings. The van der Waals surface area contributed by atoms with Gasteiger partial charge in [0.25, 0.3) is 0 Å². The van der Waals surface area contributed by atoms with E-state index in [1.165, 1.54) is 5.56 Å². The largest absolute Gasteiger partial charge is 0.316 e. The third-order valence-electron chi connectivity index (χ3n) is 3.40. The van der Waals surface area contributed by atoms with Gasteiger partial charge in [-0.1, -0.05) is 57.0 Å². The molecule has 0 saturated heterocycles. The van der Waals surface area contributed by atoms with Crippen LogP contribution in [0.1, 0.15) is 33.3 Å². The van der Waals surface area contributed by atoms with Gasteiger partial charge in [-0.15, -0.1) is 0 Å². The first-order valence-electron chi connectivity index (χ1n) is 7.04. The van der Waals surface area contributed by atoms with E-state index >= 15 is 0 Å². The Morgan fingerprint density at radius 1 is 1.05 bits per heavy atom. The fourth-order valence-corrected chi connectivity index (χ4v) is 2.56. The van der Waals surface area contributed by atoms with E-state index < -0.39 is 0 Å². The zero-order chi connectivity index (χ0) is 14.4. The summed E-state index contributed by atoms with van der Waals surface area (Å²) in [7, 11) is 0. The first-order valence-corrected chi connectivity index (χ1v) is 7.80. The number of rotatable bonds is 7. The van der Waals surface area contributed by atoms with Crippen molar-refractivity contribution in [3.8, 4) is 0 Å². The molecule has 1 unspecified atom stereocenters. The van der Waals surface area contributed by atoms with Crippen LogP contribution in [0.2, 0.25) is 10.0 Å². The lowest BCUT2D eigenvalue weighted by Crippen LogP contribution is -2.30. The molecule has 0 fully saturated rings. The predicted molar refractivity (Wildman–Crippen MR) is 86.2 cm³/mol. The molecule has 0 aliphatic carbocycles. The molecule has 1 aromatic rings. The minimum Gasteiger partial charge on any atom is -0.316 e. The molecule has 108 valence electrons. The zero-order valence-corrected chi connectivity index (χ0v) is 13.9. The molecule has 1 aromatic carbocycles. The van der Waals surface area contributed by atoms with Crippen molar-refractivity contribution < 1.29 is 0 Å². The van der Waals surface area contributed by atoms with Gasteiger partial charge in [0.1, 0.15) is 0 Å². The van der Waals surface area contributed by atoms with Gasteiger partial charge in [0.15, 0.2) is 0 Å². The van der Waals surface area contributed by atoms with E-state index in [4.69, 9.17) is 23.2 Å². The van der Waals surface area contributed by atoms with E-state index in [-0.39, 0.29) is 0 Å². The zero-order valence-electron chi connectivity index (χ0n) is 12.3. The van der Waals surface area contributed by atoms with E-state index in [1.54, 1.807) is 0 Å². The second-order valence-electron chi connectivity index (χ2n) is 6.00. The number of halogens is 2. The summed E-state index contributed by atoms with van der Waals surface area (Å²) in [4.78, 5) is 0. The monoisotopic (exact) mass is 301 g/mol. The average molecular weight is 302 g/mol. The maximum absolute atomic E-state index is 6.26. The Kier molecular flexibility index (Phi) is 7.20. The van der Waals surface area contributed by atoms with Gasteiger partial charge in [0, 0.05) is 10.0 Å². The molecule has 0 aromatic heterocycles. The lowest BCUT2D eigenvalue weighted by molar-refractivity contribution is 0.352. The molecule has 1 atom stereocenters. The van der Waals surface area contributed by atoms with Gasteiger partial charge >= 0.3 is 0 Å². The van der Waals surface area contributed by atoms with Crippen LogP contribution in [-0.2, 0) is 6.42 Å². The maximum atomic E-state index is 6.26. The highest BCUT2D eigenvalue weighted by atomic mass is 35.5. The molecule has 0 radical (unpaired) electrons. The quantitative estimate of drug-likeness (QED) is 0.743. The Hall–Kier alpha value is -0.240. The van der Waals surface area contributed by atoms with Crippen molar-refractivity contribution in [2.24, 2.45) is 17.8 Å². The Morgan fingerprint density at radius 2 is 1.74 bits per heavy atom. The molecule has 1 nitrogen and oxygen atoms in total. The molecule has 0 saturated carbocycles. The van der Waals surface area contributed by atoms with Crippen LogP contribution >= 0.6 is 23.2 Å². The summed E-state index contributed by atoms with van der Waals surface area (Å²) in [5.41, 5.74) is 1.19. The molecule has 1 rings (SSSR count). The Morgan fingerprint density at radius 3 is 2.26 bits per heavy atom. The normalized spacial score (nSPS) is 13.3. The standard InChI is InChI=1S/C16H25Cl2N/c1-11(2)9-19-10-14(12(3)4)7-13-5-6-15(17)8-16(13)18/h5-6,8,11-12,14,19H,7,9-10H2,1-4H3. The Bertz CT molecular complexity index is 388. The van der Waals surface area contributed by atoms with E-state index in [1.807, 2.05) is 18.2 Å². The van der Waals surface area contributed by atoms with Gasteiger partial charge < -0.3 is 5.32 Å². The summed E-state index contributed by atoms with van der Waals surface area (Å²) in [5, 5.41) is 5.03. The SMILES string of the molecule is CC(C)CNCC(Cc1ccc(Cl)cc1Cl)C(C)C. The molecule has 3 heteroatoms. The highest BCUT2D eigenvalue weighted by Crippen LogP contribution is 2.25. The van der Waals surface area contributed by atoms with Crippen molar-refractivity contribution in [1.29, 1.82) is 0 Å². The van der Waals surface area contributed by atoms with Crippen LogP contribution < -0.4 is 5.32 Å². The minimum absolute atomic E-state index is 0.595. The lowest BCUT2D eigenvalue weighted by atomic mass is 9.89. The third kappa shape index (κ3) is 6.16. The van der Waals surface area contributed by atoms with Crippen LogP contribution in [0.4, 0.5) is 0 Å². The van der Waals surface area contributed by atoms with Crippen LogP contribution in [0.15, 0.2) is 18.2 Å². The van der Waals surface area contributed by atoms with E-state index in [9.17, 15) is 0 Å². The fraction of sp³-hybridized carbons (Fsp3) is 0.625. The first-order chi connectivity index (χ1) is 8.90. The van der Waals surface area contributed by atoms with Crippen molar-refractivity contribution in [3.63, 3.8) is 0 Å². The number of hydrogen-bond acceptors (Lipinski definition) is 1. The summed E-state index contributed by atoms with van der Waals surface area (Å²) in [6.45, 7) is 11.1. The van der Waals surface area contributed by atoms with Crippen LogP contribution in [-0.4, -0.2) is 13.1 Å².